The van der Waals surface area contributed by atoms with Crippen molar-refractivity contribution < 1.29 is 0 Å². The van der Waals surface area contributed by atoms with E-state index in [2.05, 4.69) is 17.2 Å². The molecule has 2 rings (SSSR count). The van der Waals surface area contributed by atoms with E-state index in [1.54, 1.807) is 0 Å². The first-order valence-corrected chi connectivity index (χ1v) is 6.75. The molecular formula is C14H23N2. The minimum atomic E-state index is 0.237. The van der Waals surface area contributed by atoms with E-state index in [0.29, 0.717) is 0 Å². The summed E-state index contributed by atoms with van der Waals surface area (Å²) in [5.41, 5.74) is 0.237. The quantitative estimate of drug-likeness (QED) is 0.637. The standard InChI is InChI=1S/C14H23N2/c1-14(13-15-11-12-16-13)9-7-5-3-2-4-6-8-10-14/h11-12H,2-10H2,1H3. The second-order valence-electron chi connectivity index (χ2n) is 5.42. The predicted octanol–water partition coefficient (Wildman–Crippen LogP) is 4.00. The van der Waals surface area contributed by atoms with Gasteiger partial charge in [0, 0.05) is 17.8 Å². The Bertz CT molecular complexity index is 268. The van der Waals surface area contributed by atoms with Gasteiger partial charge in [-0.05, 0) is 12.8 Å². The summed E-state index contributed by atoms with van der Waals surface area (Å²) < 4.78 is 0. The first kappa shape index (κ1) is 11.7. The molecule has 1 saturated carbocycles. The maximum absolute atomic E-state index is 4.43. The Balaban J connectivity index is 1.97. The van der Waals surface area contributed by atoms with Crippen molar-refractivity contribution in [1.29, 1.82) is 0 Å². The zero-order chi connectivity index (χ0) is 11.3. The van der Waals surface area contributed by atoms with Crippen LogP contribution in [0.3, 0.4) is 0 Å². The molecule has 0 aromatic heterocycles. The monoisotopic (exact) mass is 219 g/mol. The highest BCUT2D eigenvalue weighted by Crippen LogP contribution is 2.34. The van der Waals surface area contributed by atoms with Gasteiger partial charge in [0.15, 0.2) is 0 Å². The number of aliphatic imine (C=N–C) groups is 1. The number of hydrogen-bond acceptors (Lipinski definition) is 1. The van der Waals surface area contributed by atoms with E-state index in [1.807, 2.05) is 12.4 Å². The SMILES string of the molecule is CC1(C2=NC=C[N]2)CCCCCCCCC1. The summed E-state index contributed by atoms with van der Waals surface area (Å²) in [6.07, 6.45) is 15.9. The average Bonchev–Trinajstić information content (AvgIpc) is 2.81. The second-order valence-corrected chi connectivity index (χ2v) is 5.42. The highest BCUT2D eigenvalue weighted by molar-refractivity contribution is 5.90. The van der Waals surface area contributed by atoms with Gasteiger partial charge in [0.25, 0.3) is 0 Å². The topological polar surface area (TPSA) is 26.5 Å². The van der Waals surface area contributed by atoms with Crippen LogP contribution in [-0.2, 0) is 0 Å². The molecule has 16 heavy (non-hydrogen) atoms. The zero-order valence-electron chi connectivity index (χ0n) is 10.4. The van der Waals surface area contributed by atoms with Crippen LogP contribution in [0.2, 0.25) is 0 Å². The third-order valence-electron chi connectivity index (χ3n) is 3.96. The number of nitrogens with zero attached hydrogens (tertiary/aromatic N) is 2. The molecule has 0 aromatic rings. The Morgan fingerprint density at radius 2 is 1.44 bits per heavy atom. The minimum Gasteiger partial charge on any atom is -0.239 e. The van der Waals surface area contributed by atoms with Crippen molar-refractivity contribution in [2.24, 2.45) is 10.4 Å². The number of rotatable bonds is 1. The molecule has 0 unspecified atom stereocenters. The molecule has 0 amide bonds. The van der Waals surface area contributed by atoms with E-state index < -0.39 is 0 Å². The molecule has 2 aliphatic rings. The van der Waals surface area contributed by atoms with E-state index >= 15 is 0 Å². The van der Waals surface area contributed by atoms with Crippen molar-refractivity contribution in [3.63, 3.8) is 0 Å². The van der Waals surface area contributed by atoms with Gasteiger partial charge in [-0.2, -0.15) is 0 Å². The lowest BCUT2D eigenvalue weighted by Gasteiger charge is -2.29. The number of amidine groups is 1. The van der Waals surface area contributed by atoms with Crippen LogP contribution in [0.1, 0.15) is 64.7 Å². The summed E-state index contributed by atoms with van der Waals surface area (Å²) in [4.78, 5) is 4.43. The van der Waals surface area contributed by atoms with Crippen LogP contribution in [0.25, 0.3) is 0 Å². The van der Waals surface area contributed by atoms with E-state index in [-0.39, 0.29) is 5.41 Å². The van der Waals surface area contributed by atoms with E-state index in [9.17, 15) is 0 Å². The Hall–Kier alpha value is -0.790. The van der Waals surface area contributed by atoms with Gasteiger partial charge in [-0.25, -0.2) is 10.3 Å². The highest BCUT2D eigenvalue weighted by Gasteiger charge is 2.31. The summed E-state index contributed by atoms with van der Waals surface area (Å²) in [5.74, 6) is 1.08. The van der Waals surface area contributed by atoms with Crippen LogP contribution in [0.15, 0.2) is 17.4 Å². The number of hydrogen-bond donors (Lipinski definition) is 0. The van der Waals surface area contributed by atoms with Crippen molar-refractivity contribution in [3.05, 3.63) is 12.4 Å². The third-order valence-corrected chi connectivity index (χ3v) is 3.96. The fourth-order valence-corrected chi connectivity index (χ4v) is 2.82. The molecular weight excluding hydrogens is 196 g/mol. The van der Waals surface area contributed by atoms with Gasteiger partial charge >= 0.3 is 0 Å². The van der Waals surface area contributed by atoms with Gasteiger partial charge in [-0.3, -0.25) is 0 Å². The molecule has 0 aromatic carbocycles. The van der Waals surface area contributed by atoms with Crippen LogP contribution in [0, 0.1) is 5.41 Å². The average molecular weight is 219 g/mol. The first-order valence-electron chi connectivity index (χ1n) is 6.75. The minimum absolute atomic E-state index is 0.237. The molecule has 2 heteroatoms. The Morgan fingerprint density at radius 3 is 1.94 bits per heavy atom. The Labute approximate surface area is 99.2 Å². The van der Waals surface area contributed by atoms with Gasteiger partial charge in [0.1, 0.15) is 5.84 Å². The second kappa shape index (κ2) is 5.51. The molecule has 0 spiro atoms. The molecule has 0 atom stereocenters. The molecule has 1 aliphatic carbocycles. The van der Waals surface area contributed by atoms with Crippen molar-refractivity contribution in [2.45, 2.75) is 64.7 Å². The van der Waals surface area contributed by atoms with Crippen LogP contribution in [0.5, 0.6) is 0 Å². The van der Waals surface area contributed by atoms with E-state index in [1.165, 1.54) is 57.8 Å². The first-order chi connectivity index (χ1) is 7.81. The van der Waals surface area contributed by atoms with Gasteiger partial charge < -0.3 is 0 Å². The lowest BCUT2D eigenvalue weighted by Crippen LogP contribution is -2.32. The lowest BCUT2D eigenvalue weighted by molar-refractivity contribution is 0.340. The summed E-state index contributed by atoms with van der Waals surface area (Å²) in [6.45, 7) is 2.35. The zero-order valence-corrected chi connectivity index (χ0v) is 10.4. The molecule has 1 radical (unpaired) electrons. The van der Waals surface area contributed by atoms with E-state index in [0.717, 1.165) is 5.84 Å². The molecule has 89 valence electrons. The van der Waals surface area contributed by atoms with Crippen LogP contribution in [0.4, 0.5) is 0 Å². The normalized spacial score (nSPS) is 25.9. The predicted molar refractivity (Wildman–Crippen MR) is 68.4 cm³/mol. The van der Waals surface area contributed by atoms with Crippen LogP contribution in [-0.4, -0.2) is 5.84 Å². The van der Waals surface area contributed by atoms with Gasteiger partial charge in [0.05, 0.1) is 0 Å². The van der Waals surface area contributed by atoms with Crippen molar-refractivity contribution >= 4 is 5.84 Å². The highest BCUT2D eigenvalue weighted by atomic mass is 15.0. The smallest absolute Gasteiger partial charge is 0.134 e. The van der Waals surface area contributed by atoms with Gasteiger partial charge in [-0.1, -0.05) is 51.9 Å². The van der Waals surface area contributed by atoms with Crippen molar-refractivity contribution in [2.75, 3.05) is 0 Å². The summed E-state index contributed by atoms with van der Waals surface area (Å²) in [7, 11) is 0. The Kier molecular flexibility index (Phi) is 4.03. The fraction of sp³-hybridized carbons (Fsp3) is 0.786. The molecule has 0 N–H and O–H groups in total. The maximum atomic E-state index is 4.43. The lowest BCUT2D eigenvalue weighted by atomic mass is 9.77. The fourth-order valence-electron chi connectivity index (χ4n) is 2.82. The van der Waals surface area contributed by atoms with Crippen LogP contribution >= 0.6 is 0 Å². The van der Waals surface area contributed by atoms with Gasteiger partial charge in [-0.15, -0.1) is 0 Å². The summed E-state index contributed by atoms with van der Waals surface area (Å²) in [5, 5.41) is 4.43. The molecule has 0 saturated heterocycles. The summed E-state index contributed by atoms with van der Waals surface area (Å²) in [6, 6.07) is 0. The largest absolute Gasteiger partial charge is 0.239 e. The molecule has 1 fully saturated rings. The molecule has 0 bridgehead atoms. The van der Waals surface area contributed by atoms with Gasteiger partial charge in [0.2, 0.25) is 0 Å². The van der Waals surface area contributed by atoms with Crippen LogP contribution < -0.4 is 5.32 Å². The molecule has 1 heterocycles. The Morgan fingerprint density at radius 1 is 0.875 bits per heavy atom. The van der Waals surface area contributed by atoms with Crippen molar-refractivity contribution in [3.8, 4) is 0 Å². The molecule has 2 nitrogen and oxygen atoms in total. The van der Waals surface area contributed by atoms with Crippen molar-refractivity contribution in [1.82, 2.24) is 5.32 Å². The molecule has 1 aliphatic heterocycles. The maximum Gasteiger partial charge on any atom is 0.134 e. The van der Waals surface area contributed by atoms with E-state index in [4.69, 9.17) is 0 Å². The third kappa shape index (κ3) is 2.87. The summed E-state index contributed by atoms with van der Waals surface area (Å²) >= 11 is 0.